The van der Waals surface area contributed by atoms with E-state index in [9.17, 15) is 4.79 Å². The number of amides is 1. The first kappa shape index (κ1) is 15.9. The lowest BCUT2D eigenvalue weighted by Crippen LogP contribution is -2.28. The quantitative estimate of drug-likeness (QED) is 0.793. The largest absolute Gasteiger partial charge is 0.389 e. The first-order chi connectivity index (χ1) is 10.1. The lowest BCUT2D eigenvalue weighted by molar-refractivity contribution is -0.116. The minimum atomic E-state index is 0.0601. The topological polar surface area (TPSA) is 58.4 Å². The molecule has 0 aliphatic carbocycles. The molecule has 0 aromatic heterocycles. The highest BCUT2D eigenvalue weighted by Gasteiger charge is 2.19. The fraction of sp³-hybridized carbons (Fsp3) is 0.500. The van der Waals surface area contributed by atoms with Gasteiger partial charge in [-0.2, -0.15) is 0 Å². The van der Waals surface area contributed by atoms with E-state index >= 15 is 0 Å². The van der Waals surface area contributed by atoms with Gasteiger partial charge in [0.15, 0.2) is 0 Å². The predicted octanol–water partition coefficient (Wildman–Crippen LogP) is 2.52. The maximum absolute atomic E-state index is 11.9. The Hall–Kier alpha value is -1.46. The van der Waals surface area contributed by atoms with Crippen LogP contribution < -0.4 is 11.1 Å². The van der Waals surface area contributed by atoms with Crippen LogP contribution in [-0.2, 0) is 4.79 Å². The maximum Gasteiger partial charge on any atom is 0.224 e. The van der Waals surface area contributed by atoms with E-state index in [4.69, 9.17) is 18.0 Å². The third kappa shape index (κ3) is 4.79. The van der Waals surface area contributed by atoms with Crippen LogP contribution in [0.1, 0.15) is 38.2 Å². The molecule has 1 atom stereocenters. The summed E-state index contributed by atoms with van der Waals surface area (Å²) in [5.74, 6) is 0.0601. The van der Waals surface area contributed by atoms with Crippen molar-refractivity contribution in [1.82, 2.24) is 4.90 Å². The van der Waals surface area contributed by atoms with Crippen LogP contribution in [0.5, 0.6) is 0 Å². The molecule has 0 bridgehead atoms. The number of hydrogen-bond donors (Lipinski definition) is 2. The second-order valence-corrected chi connectivity index (χ2v) is 6.06. The summed E-state index contributed by atoms with van der Waals surface area (Å²) in [7, 11) is 0. The maximum atomic E-state index is 11.9. The highest BCUT2D eigenvalue weighted by Crippen LogP contribution is 2.17. The van der Waals surface area contributed by atoms with E-state index < -0.39 is 0 Å². The van der Waals surface area contributed by atoms with Crippen molar-refractivity contribution in [2.75, 3.05) is 18.4 Å². The first-order valence-electron chi connectivity index (χ1n) is 7.50. The van der Waals surface area contributed by atoms with E-state index in [0.717, 1.165) is 24.2 Å². The molecule has 1 amide bonds. The highest BCUT2D eigenvalue weighted by atomic mass is 32.1. The lowest BCUT2D eigenvalue weighted by Gasteiger charge is -2.20. The zero-order chi connectivity index (χ0) is 15.2. The number of nitrogens with two attached hydrogens (primary N) is 1. The van der Waals surface area contributed by atoms with Crippen molar-refractivity contribution >= 4 is 28.8 Å². The van der Waals surface area contributed by atoms with Gasteiger partial charge in [-0.15, -0.1) is 0 Å². The summed E-state index contributed by atoms with van der Waals surface area (Å²) < 4.78 is 0. The molecule has 4 nitrogen and oxygen atoms in total. The summed E-state index contributed by atoms with van der Waals surface area (Å²) in [5.41, 5.74) is 7.14. The van der Waals surface area contributed by atoms with Gasteiger partial charge in [0, 0.05) is 23.7 Å². The van der Waals surface area contributed by atoms with Crippen molar-refractivity contribution in [2.24, 2.45) is 5.73 Å². The monoisotopic (exact) mass is 305 g/mol. The molecule has 3 N–H and O–H groups in total. The number of anilines is 1. The van der Waals surface area contributed by atoms with E-state index in [1.165, 1.54) is 19.4 Å². The standard InChI is InChI=1S/C16H23N3OS/c1-12-4-2-10-19(12)11-3-5-15(20)18-14-8-6-13(7-9-14)16(17)21/h6-9,12H,2-5,10-11H2,1H3,(H2,17,21)(H,18,20). The predicted molar refractivity (Wildman–Crippen MR) is 90.5 cm³/mol. The van der Waals surface area contributed by atoms with E-state index in [2.05, 4.69) is 17.1 Å². The minimum Gasteiger partial charge on any atom is -0.389 e. The third-order valence-corrected chi connectivity index (χ3v) is 4.23. The number of thiocarbonyl (C=S) groups is 1. The zero-order valence-corrected chi connectivity index (χ0v) is 13.3. The molecule has 1 aromatic carbocycles. The van der Waals surface area contributed by atoms with Gasteiger partial charge in [0.25, 0.3) is 0 Å². The van der Waals surface area contributed by atoms with Gasteiger partial charge in [-0.25, -0.2) is 0 Å². The van der Waals surface area contributed by atoms with Gasteiger partial charge in [0.1, 0.15) is 4.99 Å². The van der Waals surface area contributed by atoms with Gasteiger partial charge in [-0.1, -0.05) is 12.2 Å². The zero-order valence-electron chi connectivity index (χ0n) is 12.5. The number of hydrogen-bond acceptors (Lipinski definition) is 3. The average molecular weight is 305 g/mol. The average Bonchev–Trinajstić information content (AvgIpc) is 2.85. The first-order valence-corrected chi connectivity index (χ1v) is 7.91. The number of benzene rings is 1. The van der Waals surface area contributed by atoms with Crippen molar-refractivity contribution < 1.29 is 4.79 Å². The highest BCUT2D eigenvalue weighted by molar-refractivity contribution is 7.80. The Kier molecular flexibility index (Phi) is 5.70. The number of carbonyl (C=O) groups is 1. The van der Waals surface area contributed by atoms with Crippen LogP contribution in [0.15, 0.2) is 24.3 Å². The summed E-state index contributed by atoms with van der Waals surface area (Å²) in [6.07, 6.45) is 4.02. The van der Waals surface area contributed by atoms with Gasteiger partial charge < -0.3 is 16.0 Å². The molecule has 1 heterocycles. The van der Waals surface area contributed by atoms with Crippen LogP contribution in [0.2, 0.25) is 0 Å². The smallest absolute Gasteiger partial charge is 0.224 e. The molecule has 1 aromatic rings. The molecule has 1 unspecified atom stereocenters. The van der Waals surface area contributed by atoms with E-state index in [1.54, 1.807) is 0 Å². The molecule has 0 saturated carbocycles. The van der Waals surface area contributed by atoms with Gasteiger partial charge in [0.05, 0.1) is 0 Å². The Labute approximate surface area is 131 Å². The van der Waals surface area contributed by atoms with Gasteiger partial charge >= 0.3 is 0 Å². The molecule has 0 radical (unpaired) electrons. The van der Waals surface area contributed by atoms with Crippen LogP contribution in [-0.4, -0.2) is 34.9 Å². The second kappa shape index (κ2) is 7.52. The van der Waals surface area contributed by atoms with Gasteiger partial charge in [-0.05, 0) is 63.5 Å². The van der Waals surface area contributed by atoms with Crippen molar-refractivity contribution in [1.29, 1.82) is 0 Å². The minimum absolute atomic E-state index is 0.0601. The van der Waals surface area contributed by atoms with Gasteiger partial charge in [-0.3, -0.25) is 4.79 Å². The normalized spacial score (nSPS) is 18.6. The summed E-state index contributed by atoms with van der Waals surface area (Å²) >= 11 is 4.90. The Morgan fingerprint density at radius 2 is 2.14 bits per heavy atom. The van der Waals surface area contributed by atoms with Crippen molar-refractivity contribution in [3.8, 4) is 0 Å². The Morgan fingerprint density at radius 3 is 2.71 bits per heavy atom. The van der Waals surface area contributed by atoms with Crippen LogP contribution >= 0.6 is 12.2 Å². The fourth-order valence-corrected chi connectivity index (χ4v) is 2.85. The van der Waals surface area contributed by atoms with Crippen molar-refractivity contribution in [3.63, 3.8) is 0 Å². The fourth-order valence-electron chi connectivity index (χ4n) is 2.71. The Balaban J connectivity index is 1.72. The molecule has 114 valence electrons. The molecule has 0 spiro atoms. The number of rotatable bonds is 6. The van der Waals surface area contributed by atoms with E-state index in [1.807, 2.05) is 24.3 Å². The Bertz CT molecular complexity index is 501. The molecular weight excluding hydrogens is 282 g/mol. The van der Waals surface area contributed by atoms with Crippen LogP contribution in [0.3, 0.4) is 0 Å². The van der Waals surface area contributed by atoms with Gasteiger partial charge in [0.2, 0.25) is 5.91 Å². The SMILES string of the molecule is CC1CCCN1CCCC(=O)Nc1ccc(C(N)=S)cc1. The number of nitrogens with zero attached hydrogens (tertiary/aromatic N) is 1. The number of likely N-dealkylation sites (tertiary alicyclic amines) is 1. The van der Waals surface area contributed by atoms with Crippen LogP contribution in [0, 0.1) is 0 Å². The molecule has 2 rings (SSSR count). The summed E-state index contributed by atoms with van der Waals surface area (Å²) in [6.45, 7) is 4.44. The molecule has 1 saturated heterocycles. The number of carbonyl (C=O) groups excluding carboxylic acids is 1. The summed E-state index contributed by atoms with van der Waals surface area (Å²) in [5, 5.41) is 2.90. The summed E-state index contributed by atoms with van der Waals surface area (Å²) in [4.78, 5) is 14.7. The molecule has 1 aliphatic rings. The molecule has 5 heteroatoms. The molecule has 1 fully saturated rings. The van der Waals surface area contributed by atoms with Crippen LogP contribution in [0.4, 0.5) is 5.69 Å². The Morgan fingerprint density at radius 1 is 1.43 bits per heavy atom. The third-order valence-electron chi connectivity index (χ3n) is 3.99. The molecular formula is C16H23N3OS. The van der Waals surface area contributed by atoms with Crippen LogP contribution in [0.25, 0.3) is 0 Å². The van der Waals surface area contributed by atoms with E-state index in [0.29, 0.717) is 17.5 Å². The molecule has 21 heavy (non-hydrogen) atoms. The van der Waals surface area contributed by atoms with Crippen molar-refractivity contribution in [3.05, 3.63) is 29.8 Å². The number of nitrogens with one attached hydrogen (secondary N) is 1. The van der Waals surface area contributed by atoms with Crippen molar-refractivity contribution in [2.45, 2.75) is 38.6 Å². The lowest BCUT2D eigenvalue weighted by atomic mass is 10.2. The molecule has 1 aliphatic heterocycles. The van der Waals surface area contributed by atoms with E-state index in [-0.39, 0.29) is 5.91 Å². The summed E-state index contributed by atoms with van der Waals surface area (Å²) in [6, 6.07) is 7.97. The second-order valence-electron chi connectivity index (χ2n) is 5.62.